The van der Waals surface area contributed by atoms with E-state index in [0.717, 1.165) is 6.42 Å². The Hall–Kier alpha value is -1.15. The average Bonchev–Trinajstić information content (AvgIpc) is 2.80. The average molecular weight is 257 g/mol. The molecule has 3 rings (SSSR count). The lowest BCUT2D eigenvalue weighted by molar-refractivity contribution is -0.124. The highest BCUT2D eigenvalue weighted by Crippen LogP contribution is 2.42. The Bertz CT molecular complexity index is 465. The fourth-order valence-electron chi connectivity index (χ4n) is 3.89. The van der Waals surface area contributed by atoms with Gasteiger partial charge in [0.25, 0.3) is 0 Å². The first kappa shape index (κ1) is 12.9. The largest absolute Gasteiger partial charge is 0.310 e. The molecule has 1 aromatic rings. The van der Waals surface area contributed by atoms with Crippen molar-refractivity contribution in [3.8, 4) is 0 Å². The van der Waals surface area contributed by atoms with Crippen molar-refractivity contribution in [1.82, 2.24) is 5.32 Å². The van der Waals surface area contributed by atoms with E-state index in [4.69, 9.17) is 0 Å². The highest BCUT2D eigenvalue weighted by molar-refractivity contribution is 5.82. The molecule has 2 aliphatic heterocycles. The summed E-state index contributed by atoms with van der Waals surface area (Å²) in [6.07, 6.45) is 4.19. The molecule has 102 valence electrons. The van der Waals surface area contributed by atoms with Gasteiger partial charge in [0.1, 0.15) is 5.78 Å². The highest BCUT2D eigenvalue weighted by atomic mass is 16.1. The number of ketones is 1. The Morgan fingerprint density at radius 2 is 2.00 bits per heavy atom. The molecule has 2 aliphatic rings. The number of hydrogen-bond donors (Lipinski definition) is 1. The number of fused-ring (bicyclic) bond motifs is 2. The summed E-state index contributed by atoms with van der Waals surface area (Å²) in [5.74, 6) is 1.04. The first-order chi connectivity index (χ1) is 9.19. The van der Waals surface area contributed by atoms with Crippen molar-refractivity contribution in [2.45, 2.75) is 57.5 Å². The summed E-state index contributed by atoms with van der Waals surface area (Å²) in [4.78, 5) is 12.4. The molecule has 2 nitrogen and oxygen atoms in total. The molecule has 0 amide bonds. The third-order valence-electron chi connectivity index (χ3n) is 4.91. The van der Waals surface area contributed by atoms with Crippen LogP contribution in [-0.4, -0.2) is 17.9 Å². The monoisotopic (exact) mass is 257 g/mol. The van der Waals surface area contributed by atoms with Crippen LogP contribution in [0.25, 0.3) is 0 Å². The molecule has 0 radical (unpaired) electrons. The maximum absolute atomic E-state index is 12.4. The molecule has 2 saturated heterocycles. The SMILES string of the molecule is CCC(=O)[C@H]1[C@H]2CC[C@@H](C[C@H]1c1ccc(C)cc1)N2. The minimum Gasteiger partial charge on any atom is -0.310 e. The molecule has 2 fully saturated rings. The van der Waals surface area contributed by atoms with Gasteiger partial charge in [0, 0.05) is 24.4 Å². The summed E-state index contributed by atoms with van der Waals surface area (Å²) in [5, 5.41) is 3.65. The quantitative estimate of drug-likeness (QED) is 0.901. The summed E-state index contributed by atoms with van der Waals surface area (Å²) in [6.45, 7) is 4.11. The van der Waals surface area contributed by atoms with Crippen molar-refractivity contribution in [3.63, 3.8) is 0 Å². The van der Waals surface area contributed by atoms with Crippen LogP contribution in [0.2, 0.25) is 0 Å². The predicted molar refractivity (Wildman–Crippen MR) is 77.3 cm³/mol. The first-order valence-corrected chi connectivity index (χ1v) is 7.54. The molecule has 2 bridgehead atoms. The van der Waals surface area contributed by atoms with E-state index in [-0.39, 0.29) is 5.92 Å². The molecular weight excluding hydrogens is 234 g/mol. The second-order valence-electron chi connectivity index (χ2n) is 6.15. The maximum Gasteiger partial charge on any atom is 0.137 e. The highest BCUT2D eigenvalue weighted by Gasteiger charge is 2.44. The standard InChI is InChI=1S/C17H23NO/c1-3-16(19)17-14(10-13-8-9-15(17)18-13)12-6-4-11(2)5-7-12/h4-7,13-15,17-18H,3,8-10H2,1-2H3/t13-,14-,15+,17+/m0/s1. The summed E-state index contributed by atoms with van der Waals surface area (Å²) in [5.41, 5.74) is 2.65. The van der Waals surface area contributed by atoms with Crippen LogP contribution < -0.4 is 5.32 Å². The fraction of sp³-hybridized carbons (Fsp3) is 0.588. The van der Waals surface area contributed by atoms with Gasteiger partial charge in [-0.05, 0) is 37.7 Å². The number of nitrogens with one attached hydrogen (secondary N) is 1. The molecule has 1 aromatic carbocycles. The lowest BCUT2D eigenvalue weighted by atomic mass is 9.74. The van der Waals surface area contributed by atoms with Gasteiger partial charge >= 0.3 is 0 Å². The zero-order chi connectivity index (χ0) is 13.4. The summed E-state index contributed by atoms with van der Waals surface area (Å²) < 4.78 is 0. The Morgan fingerprint density at radius 1 is 1.26 bits per heavy atom. The number of aryl methyl sites for hydroxylation is 1. The zero-order valence-corrected chi connectivity index (χ0v) is 11.9. The first-order valence-electron chi connectivity index (χ1n) is 7.54. The minimum absolute atomic E-state index is 0.187. The molecule has 0 aliphatic carbocycles. The number of rotatable bonds is 3. The minimum atomic E-state index is 0.187. The molecule has 0 saturated carbocycles. The normalized spacial score (nSPS) is 33.4. The predicted octanol–water partition coefficient (Wildman–Crippen LogP) is 3.20. The van der Waals surface area contributed by atoms with E-state index < -0.39 is 0 Å². The molecule has 2 heterocycles. The lowest BCUT2D eigenvalue weighted by Crippen LogP contribution is -2.47. The van der Waals surface area contributed by atoms with Crippen molar-refractivity contribution >= 4 is 5.78 Å². The molecule has 4 atom stereocenters. The smallest absolute Gasteiger partial charge is 0.137 e. The van der Waals surface area contributed by atoms with Crippen LogP contribution in [0.4, 0.5) is 0 Å². The van der Waals surface area contributed by atoms with Gasteiger partial charge in [-0.2, -0.15) is 0 Å². The molecule has 19 heavy (non-hydrogen) atoms. The van der Waals surface area contributed by atoms with Gasteiger partial charge in [0.15, 0.2) is 0 Å². The second-order valence-corrected chi connectivity index (χ2v) is 6.15. The molecule has 1 N–H and O–H groups in total. The van der Waals surface area contributed by atoms with Gasteiger partial charge in [0.05, 0.1) is 0 Å². The van der Waals surface area contributed by atoms with Crippen molar-refractivity contribution in [2.24, 2.45) is 5.92 Å². The van der Waals surface area contributed by atoms with E-state index >= 15 is 0 Å². The van der Waals surface area contributed by atoms with Crippen LogP contribution in [0.5, 0.6) is 0 Å². The molecule has 0 aromatic heterocycles. The van der Waals surface area contributed by atoms with E-state index in [1.54, 1.807) is 0 Å². The van der Waals surface area contributed by atoms with Gasteiger partial charge in [-0.1, -0.05) is 36.8 Å². The van der Waals surface area contributed by atoms with Gasteiger partial charge < -0.3 is 5.32 Å². The van der Waals surface area contributed by atoms with Crippen molar-refractivity contribution in [2.75, 3.05) is 0 Å². The van der Waals surface area contributed by atoms with Crippen molar-refractivity contribution < 1.29 is 4.79 Å². The summed E-state index contributed by atoms with van der Waals surface area (Å²) >= 11 is 0. The van der Waals surface area contributed by atoms with Crippen LogP contribution in [0.15, 0.2) is 24.3 Å². The lowest BCUT2D eigenvalue weighted by Gasteiger charge is -2.37. The Balaban J connectivity index is 1.92. The molecular formula is C17H23NO. The van der Waals surface area contributed by atoms with Gasteiger partial charge in [-0.15, -0.1) is 0 Å². The van der Waals surface area contributed by atoms with Crippen LogP contribution in [0, 0.1) is 12.8 Å². The van der Waals surface area contributed by atoms with Crippen LogP contribution >= 0.6 is 0 Å². The Morgan fingerprint density at radius 3 is 2.68 bits per heavy atom. The number of benzene rings is 1. The van der Waals surface area contributed by atoms with E-state index in [9.17, 15) is 4.79 Å². The fourth-order valence-corrected chi connectivity index (χ4v) is 3.89. The van der Waals surface area contributed by atoms with E-state index in [1.165, 1.54) is 24.0 Å². The molecule has 2 heteroatoms. The second kappa shape index (κ2) is 5.09. The molecule has 0 spiro atoms. The maximum atomic E-state index is 12.4. The number of carbonyl (C=O) groups is 1. The Labute approximate surface area is 115 Å². The number of hydrogen-bond acceptors (Lipinski definition) is 2. The van der Waals surface area contributed by atoms with Gasteiger partial charge in [0.2, 0.25) is 0 Å². The zero-order valence-electron chi connectivity index (χ0n) is 11.9. The van der Waals surface area contributed by atoms with Gasteiger partial charge in [-0.25, -0.2) is 0 Å². The number of piperidine rings is 1. The Kier molecular flexibility index (Phi) is 3.44. The number of carbonyl (C=O) groups excluding carboxylic acids is 1. The number of Topliss-reactive ketones (excluding diaryl/α,β-unsaturated/α-hetero) is 1. The van der Waals surface area contributed by atoms with Crippen LogP contribution in [0.1, 0.15) is 49.7 Å². The van der Waals surface area contributed by atoms with E-state index in [1.807, 2.05) is 6.92 Å². The van der Waals surface area contributed by atoms with Crippen molar-refractivity contribution in [3.05, 3.63) is 35.4 Å². The molecule has 0 unspecified atom stereocenters. The van der Waals surface area contributed by atoms with Crippen molar-refractivity contribution in [1.29, 1.82) is 0 Å². The topological polar surface area (TPSA) is 29.1 Å². The van der Waals surface area contributed by atoms with Crippen LogP contribution in [0.3, 0.4) is 0 Å². The third-order valence-corrected chi connectivity index (χ3v) is 4.91. The van der Waals surface area contributed by atoms with E-state index in [2.05, 4.69) is 36.5 Å². The van der Waals surface area contributed by atoms with Gasteiger partial charge in [-0.3, -0.25) is 4.79 Å². The summed E-state index contributed by atoms with van der Waals surface area (Å²) in [7, 11) is 0. The van der Waals surface area contributed by atoms with E-state index in [0.29, 0.717) is 30.2 Å². The van der Waals surface area contributed by atoms with Crippen LogP contribution in [-0.2, 0) is 4.79 Å². The third kappa shape index (κ3) is 2.34. The summed E-state index contributed by atoms with van der Waals surface area (Å²) in [6, 6.07) is 9.83.